The molecule has 3 aliphatic rings. The van der Waals surface area contributed by atoms with Crippen molar-refractivity contribution in [3.8, 4) is 0 Å². The van der Waals surface area contributed by atoms with Gasteiger partial charge in [-0.2, -0.15) is 0 Å². The highest BCUT2D eigenvalue weighted by Gasteiger charge is 2.77. The van der Waals surface area contributed by atoms with E-state index in [-0.39, 0.29) is 42.2 Å². The van der Waals surface area contributed by atoms with Gasteiger partial charge in [0.1, 0.15) is 12.6 Å². The number of amides is 2. The Hall–Kier alpha value is -2.58. The van der Waals surface area contributed by atoms with E-state index in [9.17, 15) is 19.5 Å². The Balaban J connectivity index is 1.82. The van der Waals surface area contributed by atoms with Crippen molar-refractivity contribution < 1.29 is 24.2 Å². The van der Waals surface area contributed by atoms with Crippen molar-refractivity contribution >= 4 is 29.5 Å². The third kappa shape index (κ3) is 4.52. The zero-order valence-corrected chi connectivity index (χ0v) is 22.7. The highest BCUT2D eigenvalue weighted by atomic mass is 32.2. The van der Waals surface area contributed by atoms with Gasteiger partial charge in [-0.15, -0.1) is 18.3 Å². The minimum absolute atomic E-state index is 0.0349. The Morgan fingerprint density at radius 2 is 1.97 bits per heavy atom. The molecule has 7 nitrogen and oxygen atoms in total. The number of thioether (sulfide) groups is 1. The lowest BCUT2D eigenvalue weighted by Gasteiger charge is -2.42. The van der Waals surface area contributed by atoms with Crippen molar-refractivity contribution in [1.82, 2.24) is 9.80 Å². The smallest absolute Gasteiger partial charge is 0.311 e. The normalized spacial score (nSPS) is 30.8. The van der Waals surface area contributed by atoms with Gasteiger partial charge in [0.05, 0.1) is 29.2 Å². The van der Waals surface area contributed by atoms with Crippen LogP contribution < -0.4 is 0 Å². The van der Waals surface area contributed by atoms with Crippen LogP contribution in [0.5, 0.6) is 0 Å². The second-order valence-corrected chi connectivity index (χ2v) is 12.2. The molecule has 0 saturated carbocycles. The van der Waals surface area contributed by atoms with Gasteiger partial charge in [-0.05, 0) is 38.2 Å². The lowest BCUT2D eigenvalue weighted by Crippen LogP contribution is -2.60. The van der Waals surface area contributed by atoms with Crippen LogP contribution in [0.3, 0.4) is 0 Å². The van der Waals surface area contributed by atoms with E-state index in [4.69, 9.17) is 4.74 Å². The maximum Gasteiger partial charge on any atom is 0.311 e. The number of rotatable bonds is 11. The summed E-state index contributed by atoms with van der Waals surface area (Å²) in [6.45, 7) is 13.6. The quantitative estimate of drug-likeness (QED) is 0.352. The molecule has 3 unspecified atom stereocenters. The number of hydrogen-bond donors (Lipinski definition) is 1. The summed E-state index contributed by atoms with van der Waals surface area (Å²) in [4.78, 5) is 45.3. The Morgan fingerprint density at radius 1 is 1.27 bits per heavy atom. The SMILES string of the molecule is C=CCOC(=O)[C@@H]1[C@H]2C(=O)N([C@@H](CO)Cc3ccccc3)C(C(=O)N(CC=C)C(C)C)C23S[C@@H]1CC3C. The van der Waals surface area contributed by atoms with Crippen LogP contribution in [0.15, 0.2) is 55.6 Å². The van der Waals surface area contributed by atoms with Gasteiger partial charge in [0.15, 0.2) is 0 Å². The number of aliphatic hydroxyl groups excluding tert-OH is 1. The summed E-state index contributed by atoms with van der Waals surface area (Å²) in [6.07, 6.45) is 4.35. The standard InChI is InChI=1S/C29H38N2O5S/c1-6-13-30(18(3)4)27(34)25-29-19(5)15-22(37-29)23(28(35)36-14-7-2)24(29)26(33)31(25)21(17-32)16-20-11-9-8-10-12-20/h6-12,18-19,21-25,32H,1-2,13-17H2,3-5H3/t19?,21-,22-,23+,24+,25?,29?/m1/s1. The fourth-order valence-electron chi connectivity index (χ4n) is 6.63. The predicted octanol–water partition coefficient (Wildman–Crippen LogP) is 3.08. The Labute approximate surface area is 223 Å². The summed E-state index contributed by atoms with van der Waals surface area (Å²) in [5.74, 6) is -2.08. The molecular formula is C29H38N2O5S. The number of likely N-dealkylation sites (tertiary alicyclic amines) is 1. The summed E-state index contributed by atoms with van der Waals surface area (Å²) >= 11 is 1.61. The van der Waals surface area contributed by atoms with Crippen LogP contribution in [0, 0.1) is 17.8 Å². The van der Waals surface area contributed by atoms with Crippen LogP contribution >= 0.6 is 11.8 Å². The number of ether oxygens (including phenoxy) is 1. The zero-order chi connectivity index (χ0) is 26.9. The molecule has 1 N–H and O–H groups in total. The number of hydrogen-bond acceptors (Lipinski definition) is 6. The van der Waals surface area contributed by atoms with Crippen LogP contribution in [-0.4, -0.2) is 80.6 Å². The Morgan fingerprint density at radius 3 is 2.57 bits per heavy atom. The fraction of sp³-hybridized carbons (Fsp3) is 0.552. The molecule has 3 saturated heterocycles. The maximum atomic E-state index is 14.4. The van der Waals surface area contributed by atoms with Crippen molar-refractivity contribution in [3.05, 3.63) is 61.2 Å². The fourth-order valence-corrected chi connectivity index (χ4v) is 9.02. The summed E-state index contributed by atoms with van der Waals surface area (Å²) in [6, 6.07) is 8.16. The molecule has 2 bridgehead atoms. The van der Waals surface area contributed by atoms with E-state index in [1.807, 2.05) is 44.2 Å². The molecule has 1 spiro atoms. The van der Waals surface area contributed by atoms with Crippen molar-refractivity contribution in [2.45, 2.75) is 61.7 Å². The van der Waals surface area contributed by atoms with E-state index >= 15 is 0 Å². The molecule has 200 valence electrons. The van der Waals surface area contributed by atoms with E-state index in [2.05, 4.69) is 20.1 Å². The van der Waals surface area contributed by atoms with Crippen LogP contribution in [0.25, 0.3) is 0 Å². The molecule has 2 amide bonds. The van der Waals surface area contributed by atoms with E-state index in [1.165, 1.54) is 6.08 Å². The van der Waals surface area contributed by atoms with Gasteiger partial charge in [0.25, 0.3) is 0 Å². The van der Waals surface area contributed by atoms with Gasteiger partial charge >= 0.3 is 5.97 Å². The zero-order valence-electron chi connectivity index (χ0n) is 21.9. The van der Waals surface area contributed by atoms with Gasteiger partial charge in [-0.1, -0.05) is 56.0 Å². The van der Waals surface area contributed by atoms with Crippen molar-refractivity contribution in [3.63, 3.8) is 0 Å². The molecule has 1 aromatic carbocycles. The van der Waals surface area contributed by atoms with Crippen LogP contribution in [-0.2, 0) is 25.5 Å². The molecule has 3 heterocycles. The average molecular weight is 527 g/mol. The number of esters is 1. The van der Waals surface area contributed by atoms with Crippen molar-refractivity contribution in [2.24, 2.45) is 17.8 Å². The first-order valence-corrected chi connectivity index (χ1v) is 13.9. The molecule has 37 heavy (non-hydrogen) atoms. The molecule has 4 rings (SSSR count). The second-order valence-electron chi connectivity index (χ2n) is 10.6. The van der Waals surface area contributed by atoms with E-state index in [0.717, 1.165) is 12.0 Å². The second kappa shape index (κ2) is 11.0. The molecule has 0 aliphatic carbocycles. The van der Waals surface area contributed by atoms with Gasteiger partial charge in [-0.3, -0.25) is 14.4 Å². The summed E-state index contributed by atoms with van der Waals surface area (Å²) in [5.41, 5.74) is 0.967. The number of fused-ring (bicyclic) bond motifs is 1. The van der Waals surface area contributed by atoms with Gasteiger partial charge in [-0.25, -0.2) is 0 Å². The van der Waals surface area contributed by atoms with E-state index in [1.54, 1.807) is 27.6 Å². The predicted molar refractivity (Wildman–Crippen MR) is 145 cm³/mol. The minimum Gasteiger partial charge on any atom is -0.461 e. The Bertz CT molecular complexity index is 1050. The van der Waals surface area contributed by atoms with Gasteiger partial charge < -0.3 is 19.6 Å². The summed E-state index contributed by atoms with van der Waals surface area (Å²) in [5, 5.41) is 10.5. The van der Waals surface area contributed by atoms with Gasteiger partial charge in [0.2, 0.25) is 11.8 Å². The van der Waals surface area contributed by atoms with E-state index in [0.29, 0.717) is 13.0 Å². The Kier molecular flexibility index (Phi) is 8.19. The molecule has 7 atom stereocenters. The van der Waals surface area contributed by atoms with Crippen LogP contribution in [0.2, 0.25) is 0 Å². The molecule has 0 aromatic heterocycles. The lowest BCUT2D eigenvalue weighted by molar-refractivity contribution is -0.154. The third-order valence-corrected chi connectivity index (χ3v) is 10.3. The number of nitrogens with zero attached hydrogens (tertiary/aromatic N) is 2. The van der Waals surface area contributed by atoms with Crippen molar-refractivity contribution in [2.75, 3.05) is 19.8 Å². The topological polar surface area (TPSA) is 87.1 Å². The number of aliphatic hydroxyl groups is 1. The first-order valence-electron chi connectivity index (χ1n) is 13.1. The highest BCUT2D eigenvalue weighted by molar-refractivity contribution is 8.02. The monoisotopic (exact) mass is 526 g/mol. The molecule has 1 aromatic rings. The first kappa shape index (κ1) is 27.5. The lowest BCUT2D eigenvalue weighted by atomic mass is 9.66. The number of carbonyl (C=O) groups excluding carboxylic acids is 3. The van der Waals surface area contributed by atoms with Crippen molar-refractivity contribution in [1.29, 1.82) is 0 Å². The average Bonchev–Trinajstić information content (AvgIpc) is 3.48. The number of carbonyl (C=O) groups is 3. The largest absolute Gasteiger partial charge is 0.461 e. The highest BCUT2D eigenvalue weighted by Crippen LogP contribution is 2.69. The summed E-state index contributed by atoms with van der Waals surface area (Å²) in [7, 11) is 0. The van der Waals surface area contributed by atoms with Crippen LogP contribution in [0.4, 0.5) is 0 Å². The van der Waals surface area contributed by atoms with Gasteiger partial charge in [0, 0.05) is 17.8 Å². The molecule has 0 radical (unpaired) electrons. The van der Waals surface area contributed by atoms with Crippen LogP contribution in [0.1, 0.15) is 32.8 Å². The van der Waals surface area contributed by atoms with E-state index < -0.39 is 34.6 Å². The molecular weight excluding hydrogens is 488 g/mol. The summed E-state index contributed by atoms with van der Waals surface area (Å²) < 4.78 is 4.69. The molecule has 3 aliphatic heterocycles. The number of benzene rings is 1. The third-order valence-electron chi connectivity index (χ3n) is 8.18. The maximum absolute atomic E-state index is 14.4. The first-order chi connectivity index (χ1) is 17.7. The molecule has 8 heteroatoms. The minimum atomic E-state index is -0.796. The molecule has 3 fully saturated rings.